The van der Waals surface area contributed by atoms with Gasteiger partial charge in [-0.25, -0.2) is 0 Å². The first-order valence-corrected chi connectivity index (χ1v) is 6.03. The van der Waals surface area contributed by atoms with E-state index >= 15 is 0 Å². The Kier molecular flexibility index (Phi) is 12.3. The lowest BCUT2D eigenvalue weighted by atomic mass is 10.3. The molecule has 3 nitrogen and oxygen atoms in total. The second-order valence-corrected chi connectivity index (χ2v) is 3.49. The van der Waals surface area contributed by atoms with Crippen molar-refractivity contribution in [2.45, 2.75) is 19.4 Å². The summed E-state index contributed by atoms with van der Waals surface area (Å²) in [4.78, 5) is 0. The third-order valence-corrected chi connectivity index (χ3v) is 1.82. The Labute approximate surface area is 109 Å². The van der Waals surface area contributed by atoms with Crippen molar-refractivity contribution in [1.29, 1.82) is 0 Å². The number of aliphatic hydroxyl groups is 2. The van der Waals surface area contributed by atoms with Crippen molar-refractivity contribution < 1.29 is 14.9 Å². The van der Waals surface area contributed by atoms with E-state index in [1.54, 1.807) is 6.08 Å². The van der Waals surface area contributed by atoms with Crippen LogP contribution in [0.25, 0.3) is 0 Å². The van der Waals surface area contributed by atoms with Gasteiger partial charge in [0.25, 0.3) is 0 Å². The molecule has 1 unspecified atom stereocenters. The van der Waals surface area contributed by atoms with E-state index in [1.165, 1.54) is 6.26 Å². The van der Waals surface area contributed by atoms with Crippen LogP contribution in [0.5, 0.6) is 0 Å². The first kappa shape index (κ1) is 16.4. The van der Waals surface area contributed by atoms with Crippen LogP contribution in [0.2, 0.25) is 0 Å². The van der Waals surface area contributed by atoms with Crippen LogP contribution in [0.1, 0.15) is 13.3 Å². The molecule has 3 heteroatoms. The highest BCUT2D eigenvalue weighted by atomic mass is 16.5. The lowest BCUT2D eigenvalue weighted by Gasteiger charge is -2.04. The van der Waals surface area contributed by atoms with Gasteiger partial charge in [0.15, 0.2) is 0 Å². The fourth-order valence-corrected chi connectivity index (χ4v) is 0.920. The summed E-state index contributed by atoms with van der Waals surface area (Å²) in [7, 11) is 0. The van der Waals surface area contributed by atoms with Gasteiger partial charge in [-0.2, -0.15) is 0 Å². The van der Waals surface area contributed by atoms with Crippen LogP contribution in [-0.4, -0.2) is 29.5 Å². The van der Waals surface area contributed by atoms with Gasteiger partial charge in [0.1, 0.15) is 12.7 Å². The SMILES string of the molecule is CC\C=C/C=C\C=C/C=C\C=C/OCC(O)CO. The number of hydrogen-bond donors (Lipinski definition) is 2. The molecule has 0 saturated carbocycles. The molecule has 0 heterocycles. The van der Waals surface area contributed by atoms with E-state index in [0.717, 1.165) is 6.42 Å². The van der Waals surface area contributed by atoms with E-state index in [-0.39, 0.29) is 13.2 Å². The summed E-state index contributed by atoms with van der Waals surface area (Å²) in [6.07, 6.45) is 19.0. The van der Waals surface area contributed by atoms with Crippen molar-refractivity contribution in [3.63, 3.8) is 0 Å². The molecule has 1 atom stereocenters. The fraction of sp³-hybridized carbons (Fsp3) is 0.333. The molecule has 0 aliphatic rings. The summed E-state index contributed by atoms with van der Waals surface area (Å²) >= 11 is 0. The first-order chi connectivity index (χ1) is 8.81. The van der Waals surface area contributed by atoms with Crippen LogP contribution in [0.4, 0.5) is 0 Å². The molecule has 0 aromatic carbocycles. The van der Waals surface area contributed by atoms with Gasteiger partial charge in [-0.05, 0) is 12.5 Å². The average molecular weight is 250 g/mol. The molecule has 0 fully saturated rings. The van der Waals surface area contributed by atoms with Gasteiger partial charge < -0.3 is 14.9 Å². The number of allylic oxidation sites excluding steroid dienone is 9. The summed E-state index contributed by atoms with van der Waals surface area (Å²) in [5, 5.41) is 17.5. The molecule has 2 N–H and O–H groups in total. The maximum atomic E-state index is 8.97. The summed E-state index contributed by atoms with van der Waals surface area (Å²) in [5.41, 5.74) is 0. The van der Waals surface area contributed by atoms with E-state index < -0.39 is 6.10 Å². The minimum absolute atomic E-state index is 0.100. The van der Waals surface area contributed by atoms with Gasteiger partial charge >= 0.3 is 0 Å². The molecule has 0 amide bonds. The fourth-order valence-electron chi connectivity index (χ4n) is 0.920. The molecule has 0 saturated heterocycles. The Morgan fingerprint density at radius 2 is 1.50 bits per heavy atom. The van der Waals surface area contributed by atoms with Crippen molar-refractivity contribution in [1.82, 2.24) is 0 Å². The summed E-state index contributed by atoms with van der Waals surface area (Å²) in [6, 6.07) is 0. The Morgan fingerprint density at radius 1 is 0.944 bits per heavy atom. The highest BCUT2D eigenvalue weighted by Crippen LogP contribution is 1.87. The van der Waals surface area contributed by atoms with Gasteiger partial charge in [0.2, 0.25) is 0 Å². The van der Waals surface area contributed by atoms with Crippen LogP contribution in [0.3, 0.4) is 0 Å². The smallest absolute Gasteiger partial charge is 0.115 e. The molecule has 0 rings (SSSR count). The van der Waals surface area contributed by atoms with Crippen molar-refractivity contribution in [2.75, 3.05) is 13.2 Å². The van der Waals surface area contributed by atoms with Gasteiger partial charge in [0, 0.05) is 0 Å². The van der Waals surface area contributed by atoms with Crippen molar-refractivity contribution >= 4 is 0 Å². The molecule has 0 aromatic rings. The predicted octanol–water partition coefficient (Wildman–Crippen LogP) is 2.50. The molecule has 0 aromatic heterocycles. The highest BCUT2D eigenvalue weighted by Gasteiger charge is 1.98. The zero-order valence-corrected chi connectivity index (χ0v) is 10.8. The lowest BCUT2D eigenvalue weighted by Crippen LogP contribution is -2.17. The summed E-state index contributed by atoms with van der Waals surface area (Å²) in [6.45, 7) is 1.91. The van der Waals surface area contributed by atoms with Crippen LogP contribution in [-0.2, 0) is 4.74 Å². The largest absolute Gasteiger partial charge is 0.498 e. The number of rotatable bonds is 9. The Bertz CT molecular complexity index is 312. The van der Waals surface area contributed by atoms with Gasteiger partial charge in [0.05, 0.1) is 12.9 Å². The minimum Gasteiger partial charge on any atom is -0.498 e. The topological polar surface area (TPSA) is 49.7 Å². The number of ether oxygens (including phenoxy) is 1. The molecule has 0 bridgehead atoms. The van der Waals surface area contributed by atoms with E-state index in [0.29, 0.717) is 0 Å². The van der Waals surface area contributed by atoms with Crippen molar-refractivity contribution in [2.24, 2.45) is 0 Å². The number of hydrogen-bond acceptors (Lipinski definition) is 3. The van der Waals surface area contributed by atoms with Crippen molar-refractivity contribution in [3.05, 3.63) is 60.9 Å². The Balaban J connectivity index is 3.64. The normalized spacial score (nSPS) is 14.8. The zero-order chi connectivity index (χ0) is 13.5. The standard InChI is InChI=1S/C15H22O3/c1-2-3-4-5-6-7-8-9-10-11-12-18-14-15(17)13-16/h3-12,15-17H,2,13-14H2,1H3/b4-3-,6-5-,8-7-,10-9-,12-11-. The second-order valence-electron chi connectivity index (χ2n) is 3.49. The van der Waals surface area contributed by atoms with Crippen LogP contribution in [0.15, 0.2) is 60.9 Å². The molecular weight excluding hydrogens is 228 g/mol. The van der Waals surface area contributed by atoms with E-state index in [1.807, 2.05) is 42.5 Å². The Hall–Kier alpha value is -1.58. The first-order valence-electron chi connectivity index (χ1n) is 6.03. The molecule has 0 spiro atoms. The van der Waals surface area contributed by atoms with Crippen LogP contribution < -0.4 is 0 Å². The number of aliphatic hydroxyl groups excluding tert-OH is 2. The third kappa shape index (κ3) is 12.5. The van der Waals surface area contributed by atoms with E-state index in [4.69, 9.17) is 14.9 Å². The van der Waals surface area contributed by atoms with Gasteiger partial charge in [-0.1, -0.05) is 55.5 Å². The van der Waals surface area contributed by atoms with Crippen LogP contribution >= 0.6 is 0 Å². The molecular formula is C15H22O3. The highest BCUT2D eigenvalue weighted by molar-refractivity contribution is 5.17. The maximum Gasteiger partial charge on any atom is 0.115 e. The second kappa shape index (κ2) is 13.5. The third-order valence-electron chi connectivity index (χ3n) is 1.82. The molecule has 0 aliphatic heterocycles. The molecule has 18 heavy (non-hydrogen) atoms. The zero-order valence-electron chi connectivity index (χ0n) is 10.8. The van der Waals surface area contributed by atoms with Gasteiger partial charge in [-0.15, -0.1) is 0 Å². The van der Waals surface area contributed by atoms with Crippen molar-refractivity contribution in [3.8, 4) is 0 Å². The molecule has 0 aliphatic carbocycles. The lowest BCUT2D eigenvalue weighted by molar-refractivity contribution is 0.0384. The van der Waals surface area contributed by atoms with Crippen LogP contribution in [0, 0.1) is 0 Å². The molecule has 0 radical (unpaired) electrons. The van der Waals surface area contributed by atoms with E-state index in [9.17, 15) is 0 Å². The molecule has 100 valence electrons. The average Bonchev–Trinajstić information content (AvgIpc) is 2.39. The monoisotopic (exact) mass is 250 g/mol. The van der Waals surface area contributed by atoms with Gasteiger partial charge in [-0.3, -0.25) is 0 Å². The predicted molar refractivity (Wildman–Crippen MR) is 75.0 cm³/mol. The summed E-state index contributed by atoms with van der Waals surface area (Å²) < 4.78 is 4.97. The quantitative estimate of drug-likeness (QED) is 0.488. The minimum atomic E-state index is -0.820. The Morgan fingerprint density at radius 3 is 2.06 bits per heavy atom. The van der Waals surface area contributed by atoms with E-state index in [2.05, 4.69) is 13.0 Å². The summed E-state index contributed by atoms with van der Waals surface area (Å²) in [5.74, 6) is 0. The maximum absolute atomic E-state index is 8.97.